The quantitative estimate of drug-likeness (QED) is 0.526. The molecule has 0 bridgehead atoms. The van der Waals surface area contributed by atoms with Crippen molar-refractivity contribution in [1.29, 1.82) is 0 Å². The molecule has 140 valence electrons. The van der Waals surface area contributed by atoms with Crippen LogP contribution in [0.25, 0.3) is 5.69 Å². The summed E-state index contributed by atoms with van der Waals surface area (Å²) in [5.74, 6) is -0.625. The SMILES string of the molecule is Cc1c(NC(=O)CSc2n[nH]c(=O)[nH]c2=O)c(=O)n(-c2ccccc2)n1C. The fourth-order valence-corrected chi connectivity index (χ4v) is 3.09. The minimum absolute atomic E-state index is 0.0452. The van der Waals surface area contributed by atoms with Crippen molar-refractivity contribution in [1.82, 2.24) is 24.5 Å². The summed E-state index contributed by atoms with van der Waals surface area (Å²) >= 11 is 0.850. The van der Waals surface area contributed by atoms with E-state index < -0.39 is 17.2 Å². The third-order valence-electron chi connectivity index (χ3n) is 3.84. The number of hydrogen-bond donors (Lipinski definition) is 3. The van der Waals surface area contributed by atoms with Crippen LogP contribution in [0, 0.1) is 6.92 Å². The number of aromatic amines is 2. The van der Waals surface area contributed by atoms with Gasteiger partial charge in [-0.1, -0.05) is 30.0 Å². The molecule has 10 nitrogen and oxygen atoms in total. The third kappa shape index (κ3) is 3.77. The second-order valence-corrected chi connectivity index (χ2v) is 6.55. The molecule has 0 saturated carbocycles. The highest BCUT2D eigenvalue weighted by atomic mass is 32.2. The molecule has 0 unspecified atom stereocenters. The van der Waals surface area contributed by atoms with Crippen molar-refractivity contribution in [3.05, 3.63) is 67.2 Å². The van der Waals surface area contributed by atoms with E-state index in [4.69, 9.17) is 0 Å². The van der Waals surface area contributed by atoms with Crippen LogP contribution in [-0.2, 0) is 11.8 Å². The summed E-state index contributed by atoms with van der Waals surface area (Å²) in [5.41, 5.74) is -0.349. The number of amides is 1. The average Bonchev–Trinajstić information content (AvgIpc) is 2.85. The molecule has 3 rings (SSSR count). The van der Waals surface area contributed by atoms with Crippen molar-refractivity contribution in [2.75, 3.05) is 11.1 Å². The Morgan fingerprint density at radius 2 is 1.93 bits per heavy atom. The van der Waals surface area contributed by atoms with E-state index in [0.717, 1.165) is 11.8 Å². The molecule has 2 heterocycles. The Bertz CT molecular complexity index is 1160. The number of para-hydroxylation sites is 1. The van der Waals surface area contributed by atoms with E-state index in [9.17, 15) is 19.2 Å². The van der Waals surface area contributed by atoms with Gasteiger partial charge in [-0.15, -0.1) is 0 Å². The molecule has 0 aliphatic rings. The van der Waals surface area contributed by atoms with E-state index in [1.54, 1.807) is 30.8 Å². The number of rotatable bonds is 5. The van der Waals surface area contributed by atoms with Gasteiger partial charge in [-0.2, -0.15) is 5.10 Å². The first-order valence-corrected chi connectivity index (χ1v) is 8.82. The largest absolute Gasteiger partial charge is 0.342 e. The zero-order valence-corrected chi connectivity index (χ0v) is 15.3. The molecule has 0 atom stereocenters. The van der Waals surface area contributed by atoms with E-state index in [0.29, 0.717) is 11.4 Å². The molecule has 1 amide bonds. The van der Waals surface area contributed by atoms with E-state index >= 15 is 0 Å². The minimum Gasteiger partial charge on any atom is -0.319 e. The fourth-order valence-electron chi connectivity index (χ4n) is 2.46. The Morgan fingerprint density at radius 1 is 1.22 bits per heavy atom. The van der Waals surface area contributed by atoms with Crippen LogP contribution in [-0.4, -0.2) is 36.2 Å². The molecule has 0 aliphatic carbocycles. The maximum atomic E-state index is 12.7. The highest BCUT2D eigenvalue weighted by molar-refractivity contribution is 7.99. The first-order chi connectivity index (χ1) is 12.9. The molecule has 1 aromatic carbocycles. The number of anilines is 1. The molecule has 0 saturated heterocycles. The number of benzene rings is 1. The molecule has 11 heteroatoms. The van der Waals surface area contributed by atoms with Crippen molar-refractivity contribution in [3.63, 3.8) is 0 Å². The predicted molar refractivity (Wildman–Crippen MR) is 101 cm³/mol. The number of carbonyl (C=O) groups excluding carboxylic acids is 1. The summed E-state index contributed by atoms with van der Waals surface area (Å²) in [6, 6.07) is 9.05. The normalized spacial score (nSPS) is 10.7. The highest BCUT2D eigenvalue weighted by Crippen LogP contribution is 2.15. The van der Waals surface area contributed by atoms with Crippen LogP contribution in [0.5, 0.6) is 0 Å². The summed E-state index contributed by atoms with van der Waals surface area (Å²) in [7, 11) is 1.72. The number of H-pyrrole nitrogens is 2. The number of nitrogens with one attached hydrogen (secondary N) is 3. The second-order valence-electron chi connectivity index (χ2n) is 5.59. The molecule has 0 aliphatic heterocycles. The topological polar surface area (TPSA) is 135 Å². The molecule has 3 N–H and O–H groups in total. The van der Waals surface area contributed by atoms with Gasteiger partial charge in [0.1, 0.15) is 5.69 Å². The maximum absolute atomic E-state index is 12.7. The monoisotopic (exact) mass is 388 g/mol. The van der Waals surface area contributed by atoms with Crippen LogP contribution in [0.15, 0.2) is 49.7 Å². The Balaban J connectivity index is 1.79. The summed E-state index contributed by atoms with van der Waals surface area (Å²) in [6.07, 6.45) is 0. The van der Waals surface area contributed by atoms with Gasteiger partial charge >= 0.3 is 5.69 Å². The second kappa shape index (κ2) is 7.50. The van der Waals surface area contributed by atoms with Crippen molar-refractivity contribution in [2.45, 2.75) is 11.9 Å². The summed E-state index contributed by atoms with van der Waals surface area (Å²) in [5, 5.41) is 8.21. The lowest BCUT2D eigenvalue weighted by Crippen LogP contribution is -2.26. The van der Waals surface area contributed by atoms with Crippen LogP contribution >= 0.6 is 11.8 Å². The van der Waals surface area contributed by atoms with E-state index in [1.165, 1.54) is 4.68 Å². The number of thioether (sulfide) groups is 1. The van der Waals surface area contributed by atoms with Gasteiger partial charge in [-0.05, 0) is 19.1 Å². The number of aromatic nitrogens is 5. The number of nitrogens with zero attached hydrogens (tertiary/aromatic N) is 3. The van der Waals surface area contributed by atoms with Gasteiger partial charge in [-0.25, -0.2) is 14.6 Å². The molecule has 3 aromatic rings. The van der Waals surface area contributed by atoms with E-state index in [-0.39, 0.29) is 22.0 Å². The van der Waals surface area contributed by atoms with Gasteiger partial charge in [0.05, 0.1) is 17.1 Å². The van der Waals surface area contributed by atoms with Gasteiger partial charge in [0.2, 0.25) is 5.91 Å². The Kier molecular flexibility index (Phi) is 5.12. The van der Waals surface area contributed by atoms with Crippen LogP contribution in [0.2, 0.25) is 0 Å². The highest BCUT2D eigenvalue weighted by Gasteiger charge is 2.18. The number of hydrogen-bond acceptors (Lipinski definition) is 6. The Hall–Kier alpha value is -3.34. The Labute approximate surface area is 156 Å². The first-order valence-electron chi connectivity index (χ1n) is 7.84. The fraction of sp³-hybridized carbons (Fsp3) is 0.188. The van der Waals surface area contributed by atoms with Gasteiger partial charge < -0.3 is 5.32 Å². The molecule has 0 spiro atoms. The molecule has 27 heavy (non-hydrogen) atoms. The van der Waals surface area contributed by atoms with Crippen LogP contribution < -0.4 is 22.1 Å². The van der Waals surface area contributed by atoms with Crippen molar-refractivity contribution in [2.24, 2.45) is 7.05 Å². The zero-order valence-electron chi connectivity index (χ0n) is 14.5. The molecule has 0 fully saturated rings. The van der Waals surface area contributed by atoms with Gasteiger partial charge in [0.15, 0.2) is 5.03 Å². The zero-order chi connectivity index (χ0) is 19.6. The van der Waals surface area contributed by atoms with Gasteiger partial charge in [0.25, 0.3) is 11.1 Å². The maximum Gasteiger partial charge on any atom is 0.342 e. The predicted octanol–water partition coefficient (Wildman–Crippen LogP) is -0.0132. The van der Waals surface area contributed by atoms with Crippen LogP contribution in [0.3, 0.4) is 0 Å². The van der Waals surface area contributed by atoms with E-state index in [1.807, 2.05) is 23.2 Å². The van der Waals surface area contributed by atoms with Crippen molar-refractivity contribution in [3.8, 4) is 5.69 Å². The lowest BCUT2D eigenvalue weighted by atomic mass is 10.3. The smallest absolute Gasteiger partial charge is 0.319 e. The number of carbonyl (C=O) groups is 1. The minimum atomic E-state index is -0.727. The van der Waals surface area contributed by atoms with Gasteiger partial charge in [0, 0.05) is 7.05 Å². The standard InChI is InChI=1S/C16H16N6O4S/c1-9-12(15(25)22(21(9)2)10-6-4-3-5-7-10)17-11(23)8-27-14-13(24)18-16(26)20-19-14/h3-7H,8H2,1-2H3,(H,17,23)(H2,18,20,24,26). The van der Waals surface area contributed by atoms with Gasteiger partial charge in [-0.3, -0.25) is 24.0 Å². The van der Waals surface area contributed by atoms with E-state index in [2.05, 4.69) is 15.5 Å². The summed E-state index contributed by atoms with van der Waals surface area (Å²) < 4.78 is 3.10. The molecule has 0 radical (unpaired) electrons. The molecular weight excluding hydrogens is 372 g/mol. The molecular formula is C16H16N6O4S. The lowest BCUT2D eigenvalue weighted by molar-refractivity contribution is -0.113. The lowest BCUT2D eigenvalue weighted by Gasteiger charge is -2.07. The molecule has 2 aromatic heterocycles. The van der Waals surface area contributed by atoms with Crippen LogP contribution in [0.1, 0.15) is 5.69 Å². The first kappa shape index (κ1) is 18.5. The summed E-state index contributed by atoms with van der Waals surface area (Å²) in [4.78, 5) is 49.5. The third-order valence-corrected chi connectivity index (χ3v) is 4.80. The van der Waals surface area contributed by atoms with Crippen molar-refractivity contribution >= 4 is 23.4 Å². The van der Waals surface area contributed by atoms with Crippen LogP contribution in [0.4, 0.5) is 5.69 Å². The summed E-state index contributed by atoms with van der Waals surface area (Å²) in [6.45, 7) is 1.72. The average molecular weight is 388 g/mol. The Morgan fingerprint density at radius 3 is 2.59 bits per heavy atom. The van der Waals surface area contributed by atoms with Crippen molar-refractivity contribution < 1.29 is 4.79 Å².